The number of anilines is 2. The predicted octanol–water partition coefficient (Wildman–Crippen LogP) is 3.24. The summed E-state index contributed by atoms with van der Waals surface area (Å²) in [4.78, 5) is 27.3. The average molecular weight is 379 g/mol. The Hall–Kier alpha value is -2.87. The van der Waals surface area contributed by atoms with Gasteiger partial charge in [0.05, 0.1) is 24.3 Å². The van der Waals surface area contributed by atoms with E-state index in [-0.39, 0.29) is 24.7 Å². The number of nitrogens with one attached hydrogen (secondary N) is 1. The van der Waals surface area contributed by atoms with Gasteiger partial charge in [-0.1, -0.05) is 30.3 Å². The quantitative estimate of drug-likeness (QED) is 0.838. The number of hydrogen-bond acceptors (Lipinski definition) is 3. The SMILES string of the molecule is CN(CC(=O)Nc1ccccc1C(F)(F)F)CC(=O)N(C)c1ccccc1. The van der Waals surface area contributed by atoms with E-state index in [9.17, 15) is 22.8 Å². The number of para-hydroxylation sites is 2. The number of rotatable bonds is 6. The zero-order valence-electron chi connectivity index (χ0n) is 15.0. The van der Waals surface area contributed by atoms with Gasteiger partial charge in [0, 0.05) is 12.7 Å². The van der Waals surface area contributed by atoms with Gasteiger partial charge in [-0.3, -0.25) is 14.5 Å². The molecule has 5 nitrogen and oxygen atoms in total. The van der Waals surface area contributed by atoms with Gasteiger partial charge in [0.2, 0.25) is 11.8 Å². The molecule has 0 saturated carbocycles. The summed E-state index contributed by atoms with van der Waals surface area (Å²) in [7, 11) is 3.16. The molecule has 0 aliphatic heterocycles. The molecule has 2 aromatic rings. The summed E-state index contributed by atoms with van der Waals surface area (Å²) in [5.41, 5.74) is -0.517. The molecular formula is C19H20F3N3O2. The van der Waals surface area contributed by atoms with Crippen molar-refractivity contribution in [2.24, 2.45) is 0 Å². The number of nitrogens with zero attached hydrogens (tertiary/aromatic N) is 2. The summed E-state index contributed by atoms with van der Waals surface area (Å²) in [5.74, 6) is -0.878. The van der Waals surface area contributed by atoms with E-state index in [1.807, 2.05) is 6.07 Å². The van der Waals surface area contributed by atoms with Crippen LogP contribution in [0.3, 0.4) is 0 Å². The van der Waals surface area contributed by atoms with Crippen molar-refractivity contribution in [3.8, 4) is 0 Å². The van der Waals surface area contributed by atoms with Crippen LogP contribution in [-0.4, -0.2) is 43.9 Å². The highest BCUT2D eigenvalue weighted by Crippen LogP contribution is 2.34. The van der Waals surface area contributed by atoms with Crippen molar-refractivity contribution < 1.29 is 22.8 Å². The van der Waals surface area contributed by atoms with Gasteiger partial charge in [-0.15, -0.1) is 0 Å². The molecule has 2 aromatic carbocycles. The number of carbonyl (C=O) groups excluding carboxylic acids is 2. The van der Waals surface area contributed by atoms with Crippen LogP contribution in [-0.2, 0) is 15.8 Å². The first-order valence-electron chi connectivity index (χ1n) is 8.14. The fourth-order valence-corrected chi connectivity index (χ4v) is 2.46. The summed E-state index contributed by atoms with van der Waals surface area (Å²) >= 11 is 0. The molecule has 0 spiro atoms. The average Bonchev–Trinajstić information content (AvgIpc) is 2.61. The van der Waals surface area contributed by atoms with Crippen molar-refractivity contribution in [1.29, 1.82) is 0 Å². The van der Waals surface area contributed by atoms with Crippen LogP contribution in [0.15, 0.2) is 54.6 Å². The van der Waals surface area contributed by atoms with Gasteiger partial charge in [0.15, 0.2) is 0 Å². The van der Waals surface area contributed by atoms with E-state index in [0.29, 0.717) is 5.69 Å². The van der Waals surface area contributed by atoms with Crippen LogP contribution >= 0.6 is 0 Å². The monoisotopic (exact) mass is 379 g/mol. The third kappa shape index (κ3) is 5.82. The number of hydrogen-bond donors (Lipinski definition) is 1. The van der Waals surface area contributed by atoms with Crippen LogP contribution in [0.5, 0.6) is 0 Å². The summed E-state index contributed by atoms with van der Waals surface area (Å²) < 4.78 is 38.9. The number of alkyl halides is 3. The van der Waals surface area contributed by atoms with Crippen LogP contribution in [0.2, 0.25) is 0 Å². The topological polar surface area (TPSA) is 52.7 Å². The van der Waals surface area contributed by atoms with Gasteiger partial charge < -0.3 is 10.2 Å². The molecule has 0 aromatic heterocycles. The Morgan fingerprint density at radius 2 is 1.52 bits per heavy atom. The van der Waals surface area contributed by atoms with Crippen LogP contribution in [0.4, 0.5) is 24.5 Å². The Kier molecular flexibility index (Phi) is 6.57. The highest BCUT2D eigenvalue weighted by molar-refractivity contribution is 5.96. The Labute approximate surface area is 155 Å². The Morgan fingerprint density at radius 3 is 2.15 bits per heavy atom. The van der Waals surface area contributed by atoms with E-state index >= 15 is 0 Å². The van der Waals surface area contributed by atoms with Gasteiger partial charge >= 0.3 is 6.18 Å². The predicted molar refractivity (Wildman–Crippen MR) is 97.4 cm³/mol. The minimum absolute atomic E-state index is 0.0558. The summed E-state index contributed by atoms with van der Waals surface area (Å²) in [6.45, 7) is -0.277. The number of halogens is 3. The molecular weight excluding hydrogens is 359 g/mol. The lowest BCUT2D eigenvalue weighted by Crippen LogP contribution is -2.40. The Bertz CT molecular complexity index is 794. The van der Waals surface area contributed by atoms with Gasteiger partial charge in [-0.05, 0) is 31.3 Å². The third-order valence-corrected chi connectivity index (χ3v) is 3.84. The standard InChI is InChI=1S/C19H20F3N3O2/c1-24(13-18(27)25(2)14-8-4-3-5-9-14)12-17(26)23-16-11-7-6-10-15(16)19(20,21)22/h3-11H,12-13H2,1-2H3,(H,23,26). The molecule has 0 heterocycles. The molecule has 0 bridgehead atoms. The first-order valence-corrected chi connectivity index (χ1v) is 8.14. The summed E-state index contributed by atoms with van der Waals surface area (Å²) in [5, 5.41) is 2.26. The number of amides is 2. The number of carbonyl (C=O) groups is 2. The van der Waals surface area contributed by atoms with Gasteiger partial charge in [0.1, 0.15) is 0 Å². The van der Waals surface area contributed by atoms with Crippen molar-refractivity contribution in [3.05, 3.63) is 60.2 Å². The van der Waals surface area contributed by atoms with E-state index in [1.54, 1.807) is 38.4 Å². The fraction of sp³-hybridized carbons (Fsp3) is 0.263. The minimum Gasteiger partial charge on any atom is -0.324 e. The minimum atomic E-state index is -4.57. The zero-order chi connectivity index (χ0) is 20.0. The second-order valence-electron chi connectivity index (χ2n) is 6.05. The van der Waals surface area contributed by atoms with Crippen LogP contribution in [0.1, 0.15) is 5.56 Å². The maximum atomic E-state index is 13.0. The maximum absolute atomic E-state index is 13.0. The zero-order valence-corrected chi connectivity index (χ0v) is 15.0. The lowest BCUT2D eigenvalue weighted by atomic mass is 10.1. The molecule has 0 fully saturated rings. The van der Waals surface area contributed by atoms with E-state index in [4.69, 9.17) is 0 Å². The molecule has 0 aliphatic rings. The molecule has 0 saturated heterocycles. The first kappa shape index (κ1) is 20.4. The molecule has 0 atom stereocenters. The second kappa shape index (κ2) is 8.68. The summed E-state index contributed by atoms with van der Waals surface area (Å²) in [6.07, 6.45) is -4.57. The third-order valence-electron chi connectivity index (χ3n) is 3.84. The van der Waals surface area contributed by atoms with Gasteiger partial charge in [-0.25, -0.2) is 0 Å². The van der Waals surface area contributed by atoms with Gasteiger partial charge in [-0.2, -0.15) is 13.2 Å². The molecule has 2 rings (SSSR count). The lowest BCUT2D eigenvalue weighted by Gasteiger charge is -2.22. The molecule has 1 N–H and O–H groups in total. The molecule has 0 unspecified atom stereocenters. The first-order chi connectivity index (χ1) is 12.7. The molecule has 8 heteroatoms. The Morgan fingerprint density at radius 1 is 0.926 bits per heavy atom. The van der Waals surface area contributed by atoms with Crippen molar-refractivity contribution in [2.75, 3.05) is 37.4 Å². The molecule has 27 heavy (non-hydrogen) atoms. The number of benzene rings is 2. The highest BCUT2D eigenvalue weighted by Gasteiger charge is 2.33. The van der Waals surface area contributed by atoms with Crippen molar-refractivity contribution in [1.82, 2.24) is 4.90 Å². The van der Waals surface area contributed by atoms with Gasteiger partial charge in [0.25, 0.3) is 0 Å². The lowest BCUT2D eigenvalue weighted by molar-refractivity contribution is -0.137. The van der Waals surface area contributed by atoms with E-state index in [0.717, 1.165) is 6.07 Å². The number of likely N-dealkylation sites (N-methyl/N-ethyl adjacent to an activating group) is 2. The molecule has 144 valence electrons. The van der Waals surface area contributed by atoms with E-state index in [2.05, 4.69) is 5.32 Å². The Balaban J connectivity index is 1.94. The van der Waals surface area contributed by atoms with E-state index in [1.165, 1.54) is 28.0 Å². The van der Waals surface area contributed by atoms with Crippen molar-refractivity contribution >= 4 is 23.2 Å². The highest BCUT2D eigenvalue weighted by atomic mass is 19.4. The maximum Gasteiger partial charge on any atom is 0.418 e. The van der Waals surface area contributed by atoms with Crippen LogP contribution in [0, 0.1) is 0 Å². The molecule has 2 amide bonds. The largest absolute Gasteiger partial charge is 0.418 e. The van der Waals surface area contributed by atoms with Crippen molar-refractivity contribution in [2.45, 2.75) is 6.18 Å². The second-order valence-corrected chi connectivity index (χ2v) is 6.05. The molecule has 0 aliphatic carbocycles. The summed E-state index contributed by atoms with van der Waals surface area (Å²) in [6, 6.07) is 13.7. The van der Waals surface area contributed by atoms with Crippen LogP contribution < -0.4 is 10.2 Å². The van der Waals surface area contributed by atoms with Crippen LogP contribution in [0.25, 0.3) is 0 Å². The molecule has 0 radical (unpaired) electrons. The smallest absolute Gasteiger partial charge is 0.324 e. The fourth-order valence-electron chi connectivity index (χ4n) is 2.46. The normalized spacial score (nSPS) is 11.3. The van der Waals surface area contributed by atoms with Crippen molar-refractivity contribution in [3.63, 3.8) is 0 Å². The van der Waals surface area contributed by atoms with E-state index < -0.39 is 17.6 Å².